The number of benzene rings is 1. The van der Waals surface area contributed by atoms with Gasteiger partial charge in [-0.1, -0.05) is 30.3 Å². The molecule has 1 N–H and O–H groups in total. The number of rotatable bonds is 7. The fourth-order valence-corrected chi connectivity index (χ4v) is 5.59. The van der Waals surface area contributed by atoms with Crippen LogP contribution in [0.5, 0.6) is 0 Å². The van der Waals surface area contributed by atoms with Gasteiger partial charge in [-0.3, -0.25) is 4.79 Å². The van der Waals surface area contributed by atoms with E-state index in [1.54, 1.807) is 6.07 Å². The zero-order chi connectivity index (χ0) is 19.0. The summed E-state index contributed by atoms with van der Waals surface area (Å²) in [5.74, 6) is 0.902. The summed E-state index contributed by atoms with van der Waals surface area (Å²) in [6, 6.07) is 12.4. The molecule has 1 spiro atoms. The van der Waals surface area contributed by atoms with Gasteiger partial charge in [0, 0.05) is 31.5 Å². The van der Waals surface area contributed by atoms with E-state index in [1.165, 1.54) is 30.9 Å². The number of carbonyl (C=O) groups is 1. The quantitative estimate of drug-likeness (QED) is 0.802. The van der Waals surface area contributed by atoms with Crippen molar-refractivity contribution >= 4 is 5.91 Å². The van der Waals surface area contributed by atoms with Crippen molar-refractivity contribution in [2.75, 3.05) is 26.2 Å². The molecule has 2 aromatic rings. The summed E-state index contributed by atoms with van der Waals surface area (Å²) in [6.07, 6.45) is 7.94. The number of hydrogen-bond donors (Lipinski definition) is 1. The van der Waals surface area contributed by atoms with Crippen LogP contribution in [0.25, 0.3) is 0 Å². The molecular weight excluding hydrogens is 352 g/mol. The molecule has 28 heavy (non-hydrogen) atoms. The Kier molecular flexibility index (Phi) is 4.73. The van der Waals surface area contributed by atoms with Crippen LogP contribution < -0.4 is 5.32 Å². The van der Waals surface area contributed by atoms with Gasteiger partial charge in [0.05, 0.1) is 23.5 Å². The first-order valence-electron chi connectivity index (χ1n) is 10.5. The van der Waals surface area contributed by atoms with Gasteiger partial charge in [-0.2, -0.15) is 0 Å². The molecule has 1 amide bonds. The topological polar surface area (TPSA) is 54.7 Å². The summed E-state index contributed by atoms with van der Waals surface area (Å²) in [5, 5.41) is 3.10. The van der Waals surface area contributed by atoms with E-state index in [9.17, 15) is 4.79 Å². The molecule has 3 saturated heterocycles. The summed E-state index contributed by atoms with van der Waals surface area (Å²) < 4.78 is 11.5. The Morgan fingerprint density at radius 1 is 1.25 bits per heavy atom. The highest BCUT2D eigenvalue weighted by Gasteiger charge is 2.62. The number of ether oxygens (including phenoxy) is 1. The summed E-state index contributed by atoms with van der Waals surface area (Å²) in [6.45, 7) is 3.96. The largest absolute Gasteiger partial charge is 0.472 e. The van der Waals surface area contributed by atoms with Crippen LogP contribution in [0.15, 0.2) is 53.3 Å². The lowest BCUT2D eigenvalue weighted by Crippen LogP contribution is -2.41. The molecule has 3 aliphatic heterocycles. The summed E-state index contributed by atoms with van der Waals surface area (Å²) in [4.78, 5) is 14.9. The number of carbonyl (C=O) groups excluding carboxylic acids is 1. The third-order valence-corrected chi connectivity index (χ3v) is 6.92. The van der Waals surface area contributed by atoms with Gasteiger partial charge in [0.1, 0.15) is 6.26 Å². The Hall–Kier alpha value is -2.11. The minimum absolute atomic E-state index is 0.0302. The van der Waals surface area contributed by atoms with Crippen molar-refractivity contribution in [3.63, 3.8) is 0 Å². The Labute approximate surface area is 166 Å². The Balaban J connectivity index is 1.16. The molecule has 0 unspecified atom stereocenters. The first-order chi connectivity index (χ1) is 13.7. The molecule has 5 heteroatoms. The van der Waals surface area contributed by atoms with Crippen molar-refractivity contribution < 1.29 is 13.9 Å². The molecule has 5 nitrogen and oxygen atoms in total. The van der Waals surface area contributed by atoms with Gasteiger partial charge in [-0.15, -0.1) is 0 Å². The molecule has 4 atom stereocenters. The highest BCUT2D eigenvalue weighted by atomic mass is 16.5. The smallest absolute Gasteiger partial charge is 0.254 e. The molecule has 2 bridgehead atoms. The second-order valence-electron chi connectivity index (χ2n) is 8.58. The van der Waals surface area contributed by atoms with E-state index in [2.05, 4.69) is 40.5 Å². The number of amides is 1. The van der Waals surface area contributed by atoms with Gasteiger partial charge in [0.25, 0.3) is 5.91 Å². The molecule has 0 aliphatic carbocycles. The van der Waals surface area contributed by atoms with Gasteiger partial charge < -0.3 is 19.4 Å². The van der Waals surface area contributed by atoms with Crippen molar-refractivity contribution in [3.8, 4) is 0 Å². The minimum atomic E-state index is -0.0525. The standard InChI is InChI=1S/C23H28N2O3/c26-22(18-9-12-27-15-18)24-13-19-20-14-25(16-23(20)10-8-21(19)28-23)11-4-7-17-5-2-1-3-6-17/h1-3,5-6,9,12,15,19-21H,4,7-8,10-11,13-14,16H2,(H,24,26)/t19-,20+,21+,23+/m0/s1. The van der Waals surface area contributed by atoms with Crippen LogP contribution in [-0.2, 0) is 11.2 Å². The number of furan rings is 1. The molecule has 1 aromatic carbocycles. The van der Waals surface area contributed by atoms with Crippen LogP contribution >= 0.6 is 0 Å². The molecule has 4 heterocycles. The van der Waals surface area contributed by atoms with Gasteiger partial charge in [0.2, 0.25) is 0 Å². The minimum Gasteiger partial charge on any atom is -0.472 e. The van der Waals surface area contributed by atoms with Crippen LogP contribution in [0.4, 0.5) is 0 Å². The van der Waals surface area contributed by atoms with E-state index in [1.807, 2.05) is 0 Å². The first-order valence-corrected chi connectivity index (χ1v) is 10.5. The zero-order valence-electron chi connectivity index (χ0n) is 16.2. The third-order valence-electron chi connectivity index (χ3n) is 6.92. The fourth-order valence-electron chi connectivity index (χ4n) is 5.59. The Morgan fingerprint density at radius 2 is 2.14 bits per heavy atom. The van der Waals surface area contributed by atoms with E-state index >= 15 is 0 Å². The molecular formula is C23H28N2O3. The van der Waals surface area contributed by atoms with Crippen LogP contribution in [0, 0.1) is 11.8 Å². The second kappa shape index (κ2) is 7.37. The third kappa shape index (κ3) is 3.27. The molecule has 148 valence electrons. The average Bonchev–Trinajstić information content (AvgIpc) is 3.48. The summed E-state index contributed by atoms with van der Waals surface area (Å²) in [5.41, 5.74) is 2.03. The van der Waals surface area contributed by atoms with Crippen LogP contribution in [0.2, 0.25) is 0 Å². The van der Waals surface area contributed by atoms with E-state index in [0.717, 1.165) is 32.5 Å². The average molecular weight is 380 g/mol. The monoisotopic (exact) mass is 380 g/mol. The van der Waals surface area contributed by atoms with Crippen molar-refractivity contribution in [1.29, 1.82) is 0 Å². The number of fused-ring (bicyclic) bond motifs is 1. The molecule has 0 saturated carbocycles. The SMILES string of the molecule is O=C(NC[C@H]1[C@H]2CN(CCCc3ccccc3)C[C@]23CC[C@H]1O3)c1ccoc1. The molecule has 3 aliphatic rings. The van der Waals surface area contributed by atoms with Crippen molar-refractivity contribution in [3.05, 3.63) is 60.1 Å². The van der Waals surface area contributed by atoms with Crippen molar-refractivity contribution in [2.24, 2.45) is 11.8 Å². The number of nitrogens with zero attached hydrogens (tertiary/aromatic N) is 1. The van der Waals surface area contributed by atoms with Gasteiger partial charge in [-0.05, 0) is 43.9 Å². The molecule has 3 fully saturated rings. The van der Waals surface area contributed by atoms with E-state index in [0.29, 0.717) is 30.0 Å². The lowest BCUT2D eigenvalue weighted by Gasteiger charge is -2.29. The van der Waals surface area contributed by atoms with Gasteiger partial charge in [0.15, 0.2) is 0 Å². The predicted octanol–water partition coefficient (Wildman–Crippen LogP) is 3.12. The first kappa shape index (κ1) is 18.0. The number of likely N-dealkylation sites (tertiary alicyclic amines) is 1. The molecule has 5 rings (SSSR count). The zero-order valence-corrected chi connectivity index (χ0v) is 16.2. The van der Waals surface area contributed by atoms with Crippen molar-refractivity contribution in [1.82, 2.24) is 10.2 Å². The molecule has 1 aromatic heterocycles. The lowest BCUT2D eigenvalue weighted by atomic mass is 9.73. The fraction of sp³-hybridized carbons (Fsp3) is 0.522. The van der Waals surface area contributed by atoms with Crippen molar-refractivity contribution in [2.45, 2.75) is 37.4 Å². The highest BCUT2D eigenvalue weighted by Crippen LogP contribution is 2.54. The van der Waals surface area contributed by atoms with E-state index < -0.39 is 0 Å². The number of hydrogen-bond acceptors (Lipinski definition) is 4. The van der Waals surface area contributed by atoms with Gasteiger partial charge in [-0.25, -0.2) is 0 Å². The van der Waals surface area contributed by atoms with E-state index in [4.69, 9.17) is 9.15 Å². The Morgan fingerprint density at radius 3 is 2.96 bits per heavy atom. The van der Waals surface area contributed by atoms with Crippen LogP contribution in [0.1, 0.15) is 35.2 Å². The normalized spacial score (nSPS) is 31.2. The lowest BCUT2D eigenvalue weighted by molar-refractivity contribution is 0.00271. The van der Waals surface area contributed by atoms with E-state index in [-0.39, 0.29) is 11.5 Å². The highest BCUT2D eigenvalue weighted by molar-refractivity contribution is 5.93. The maximum absolute atomic E-state index is 12.3. The molecule has 0 radical (unpaired) electrons. The summed E-state index contributed by atoms with van der Waals surface area (Å²) in [7, 11) is 0. The van der Waals surface area contributed by atoms with Gasteiger partial charge >= 0.3 is 0 Å². The maximum Gasteiger partial charge on any atom is 0.254 e. The summed E-state index contributed by atoms with van der Waals surface area (Å²) >= 11 is 0. The second-order valence-corrected chi connectivity index (χ2v) is 8.58. The van der Waals surface area contributed by atoms with Crippen LogP contribution in [0.3, 0.4) is 0 Å². The number of aryl methyl sites for hydroxylation is 1. The maximum atomic E-state index is 12.3. The van der Waals surface area contributed by atoms with Crippen LogP contribution in [-0.4, -0.2) is 48.7 Å². The number of nitrogens with one attached hydrogen (secondary N) is 1. The predicted molar refractivity (Wildman–Crippen MR) is 106 cm³/mol. The Bertz CT molecular complexity index is 807.